The molecule has 1 amide bonds. The molecule has 146 valence electrons. The quantitative estimate of drug-likeness (QED) is 0.662. The Balaban J connectivity index is 1.93. The predicted octanol–water partition coefficient (Wildman–Crippen LogP) is 2.15. The Morgan fingerprint density at radius 1 is 1.22 bits per heavy atom. The lowest BCUT2D eigenvalue weighted by Gasteiger charge is -2.08. The predicted molar refractivity (Wildman–Crippen MR) is 93.1 cm³/mol. The molecule has 0 spiro atoms. The summed E-state index contributed by atoms with van der Waals surface area (Å²) in [7, 11) is -3.50. The van der Waals surface area contributed by atoms with Crippen LogP contribution in [0.15, 0.2) is 49.2 Å². The molecule has 0 saturated carbocycles. The molecule has 0 bridgehead atoms. The molecule has 0 fully saturated rings. The van der Waals surface area contributed by atoms with E-state index in [-0.39, 0.29) is 12.3 Å². The van der Waals surface area contributed by atoms with Crippen molar-refractivity contribution in [3.8, 4) is 0 Å². The van der Waals surface area contributed by atoms with E-state index in [1.54, 1.807) is 0 Å². The molecule has 0 aliphatic heterocycles. The Labute approximate surface area is 153 Å². The SMILES string of the molecule is C=CCNS(=O)(=O)Cc1ccc(NC(=O)Cn2ccc(C(F)(F)F)n2)cc1. The highest BCUT2D eigenvalue weighted by Gasteiger charge is 2.33. The Kier molecular flexibility index (Phi) is 6.39. The summed E-state index contributed by atoms with van der Waals surface area (Å²) in [4.78, 5) is 11.9. The van der Waals surface area contributed by atoms with Crippen LogP contribution in [0.1, 0.15) is 11.3 Å². The van der Waals surface area contributed by atoms with Crippen molar-refractivity contribution in [3.05, 3.63) is 60.4 Å². The van der Waals surface area contributed by atoms with Gasteiger partial charge in [-0.05, 0) is 23.8 Å². The smallest absolute Gasteiger partial charge is 0.324 e. The molecular weight excluding hydrogens is 385 g/mol. The average Bonchev–Trinajstić information content (AvgIpc) is 3.03. The Bertz CT molecular complexity index is 906. The third kappa shape index (κ3) is 6.53. The van der Waals surface area contributed by atoms with Gasteiger partial charge in [0, 0.05) is 18.4 Å². The van der Waals surface area contributed by atoms with E-state index >= 15 is 0 Å². The van der Waals surface area contributed by atoms with Crippen molar-refractivity contribution in [3.63, 3.8) is 0 Å². The van der Waals surface area contributed by atoms with Crippen LogP contribution in [0.2, 0.25) is 0 Å². The van der Waals surface area contributed by atoms with Crippen molar-refractivity contribution in [2.24, 2.45) is 0 Å². The van der Waals surface area contributed by atoms with Gasteiger partial charge in [0.05, 0.1) is 5.75 Å². The van der Waals surface area contributed by atoms with E-state index in [1.165, 1.54) is 30.3 Å². The first kappa shape index (κ1) is 20.6. The number of nitrogens with zero attached hydrogens (tertiary/aromatic N) is 2. The van der Waals surface area contributed by atoms with Gasteiger partial charge in [0.15, 0.2) is 5.69 Å². The molecule has 1 heterocycles. The molecule has 0 atom stereocenters. The normalized spacial score (nSPS) is 12.0. The number of aromatic nitrogens is 2. The Morgan fingerprint density at radius 2 is 1.89 bits per heavy atom. The second-order valence-corrected chi connectivity index (χ2v) is 7.34. The maximum Gasteiger partial charge on any atom is 0.435 e. The van der Waals surface area contributed by atoms with Crippen molar-refractivity contribution in [1.29, 1.82) is 0 Å². The highest BCUT2D eigenvalue weighted by molar-refractivity contribution is 7.88. The van der Waals surface area contributed by atoms with Crippen molar-refractivity contribution in [2.45, 2.75) is 18.5 Å². The molecule has 2 rings (SSSR count). The highest BCUT2D eigenvalue weighted by Crippen LogP contribution is 2.27. The first-order valence-electron chi connectivity index (χ1n) is 7.67. The summed E-state index contributed by atoms with van der Waals surface area (Å²) in [5, 5.41) is 5.80. The first-order valence-corrected chi connectivity index (χ1v) is 9.32. The van der Waals surface area contributed by atoms with E-state index in [1.807, 2.05) is 0 Å². The number of rotatable bonds is 8. The van der Waals surface area contributed by atoms with Gasteiger partial charge in [0.2, 0.25) is 15.9 Å². The number of benzene rings is 1. The van der Waals surface area contributed by atoms with Gasteiger partial charge in [0.1, 0.15) is 6.54 Å². The zero-order valence-corrected chi connectivity index (χ0v) is 14.8. The van der Waals surface area contributed by atoms with Crippen LogP contribution in [-0.2, 0) is 33.3 Å². The molecule has 2 N–H and O–H groups in total. The Hall–Kier alpha value is -2.66. The zero-order valence-electron chi connectivity index (χ0n) is 14.0. The first-order chi connectivity index (χ1) is 12.6. The van der Waals surface area contributed by atoms with Gasteiger partial charge in [-0.15, -0.1) is 6.58 Å². The van der Waals surface area contributed by atoms with Crippen molar-refractivity contribution >= 4 is 21.6 Å². The number of carbonyl (C=O) groups excluding carboxylic acids is 1. The third-order valence-corrected chi connectivity index (χ3v) is 4.60. The van der Waals surface area contributed by atoms with Crippen LogP contribution in [0.25, 0.3) is 0 Å². The molecule has 1 aromatic carbocycles. The third-order valence-electron chi connectivity index (χ3n) is 3.28. The van der Waals surface area contributed by atoms with Crippen LogP contribution in [0.3, 0.4) is 0 Å². The van der Waals surface area contributed by atoms with E-state index in [9.17, 15) is 26.4 Å². The lowest BCUT2D eigenvalue weighted by molar-refractivity contribution is -0.141. The van der Waals surface area contributed by atoms with E-state index in [0.29, 0.717) is 11.3 Å². The van der Waals surface area contributed by atoms with Crippen LogP contribution >= 0.6 is 0 Å². The van der Waals surface area contributed by atoms with Gasteiger partial charge in [-0.2, -0.15) is 18.3 Å². The Morgan fingerprint density at radius 3 is 2.44 bits per heavy atom. The van der Waals surface area contributed by atoms with Crippen LogP contribution in [0.4, 0.5) is 18.9 Å². The van der Waals surface area contributed by atoms with E-state index in [0.717, 1.165) is 16.9 Å². The van der Waals surface area contributed by atoms with Gasteiger partial charge in [-0.3, -0.25) is 9.48 Å². The second-order valence-electron chi connectivity index (χ2n) is 5.54. The summed E-state index contributed by atoms with van der Waals surface area (Å²) >= 11 is 0. The minimum atomic E-state index is -4.57. The maximum absolute atomic E-state index is 12.5. The second kappa shape index (κ2) is 8.35. The fourth-order valence-electron chi connectivity index (χ4n) is 2.09. The lowest BCUT2D eigenvalue weighted by Crippen LogP contribution is -2.25. The molecule has 0 radical (unpaired) electrons. The summed E-state index contributed by atoms with van der Waals surface area (Å²) in [6.45, 7) is 3.16. The molecule has 1 aromatic heterocycles. The fraction of sp³-hybridized carbons (Fsp3) is 0.250. The molecule has 27 heavy (non-hydrogen) atoms. The molecule has 0 aliphatic rings. The van der Waals surface area contributed by atoms with E-state index in [2.05, 4.69) is 21.7 Å². The van der Waals surface area contributed by atoms with Crippen LogP contribution in [-0.4, -0.2) is 30.7 Å². The molecule has 0 saturated heterocycles. The summed E-state index contributed by atoms with van der Waals surface area (Å²) in [5.74, 6) is -0.803. The largest absolute Gasteiger partial charge is 0.435 e. The van der Waals surface area contributed by atoms with Crippen LogP contribution in [0, 0.1) is 0 Å². The summed E-state index contributed by atoms with van der Waals surface area (Å²) in [5.41, 5.74) is -0.194. The standard InChI is InChI=1S/C16H17F3N4O3S/c1-2-8-20-27(25,26)11-12-3-5-13(6-4-12)21-15(24)10-23-9-7-14(22-23)16(17,18)19/h2-7,9,20H,1,8,10-11H2,(H,21,24). The number of halogens is 3. The molecule has 11 heteroatoms. The number of sulfonamides is 1. The highest BCUT2D eigenvalue weighted by atomic mass is 32.2. The van der Waals surface area contributed by atoms with Gasteiger partial charge in [-0.1, -0.05) is 18.2 Å². The van der Waals surface area contributed by atoms with Crippen molar-refractivity contribution in [1.82, 2.24) is 14.5 Å². The average molecular weight is 402 g/mol. The fourth-order valence-corrected chi connectivity index (χ4v) is 3.19. The summed E-state index contributed by atoms with van der Waals surface area (Å²) < 4.78 is 64.2. The monoisotopic (exact) mass is 402 g/mol. The van der Waals surface area contributed by atoms with E-state index < -0.39 is 34.3 Å². The number of alkyl halides is 3. The van der Waals surface area contributed by atoms with Gasteiger partial charge in [-0.25, -0.2) is 13.1 Å². The number of anilines is 1. The number of amides is 1. The van der Waals surface area contributed by atoms with Gasteiger partial charge in [0.25, 0.3) is 0 Å². The topological polar surface area (TPSA) is 93.1 Å². The van der Waals surface area contributed by atoms with Crippen molar-refractivity contribution in [2.75, 3.05) is 11.9 Å². The number of hydrogen-bond acceptors (Lipinski definition) is 4. The molecule has 7 nitrogen and oxygen atoms in total. The number of hydrogen-bond donors (Lipinski definition) is 2. The van der Waals surface area contributed by atoms with Crippen LogP contribution in [0.5, 0.6) is 0 Å². The molecule has 0 aliphatic carbocycles. The summed E-state index contributed by atoms with van der Waals surface area (Å²) in [6, 6.07) is 6.83. The molecule has 0 unspecified atom stereocenters. The minimum Gasteiger partial charge on any atom is -0.324 e. The maximum atomic E-state index is 12.5. The number of carbonyl (C=O) groups is 1. The number of nitrogens with one attached hydrogen (secondary N) is 2. The summed E-state index contributed by atoms with van der Waals surface area (Å²) in [6.07, 6.45) is -2.08. The van der Waals surface area contributed by atoms with Crippen LogP contribution < -0.4 is 10.0 Å². The zero-order chi connectivity index (χ0) is 20.1. The minimum absolute atomic E-state index is 0.125. The van der Waals surface area contributed by atoms with Gasteiger partial charge >= 0.3 is 6.18 Å². The molecule has 2 aromatic rings. The van der Waals surface area contributed by atoms with Gasteiger partial charge < -0.3 is 5.32 Å². The lowest BCUT2D eigenvalue weighted by atomic mass is 10.2. The van der Waals surface area contributed by atoms with Crippen molar-refractivity contribution < 1.29 is 26.4 Å². The molecular formula is C16H17F3N4O3S. The van der Waals surface area contributed by atoms with E-state index in [4.69, 9.17) is 0 Å².